The molecule has 2 N–H and O–H groups in total. The topological polar surface area (TPSA) is 40.5 Å². The van der Waals surface area contributed by atoms with Gasteiger partial charge in [-0.1, -0.05) is 41.0 Å². The van der Waals surface area contributed by atoms with Gasteiger partial charge in [0.25, 0.3) is 0 Å². The highest BCUT2D eigenvalue weighted by atomic mass is 16.3. The molecule has 0 saturated carbocycles. The molecular formula is C11H24O2. The Morgan fingerprint density at radius 2 is 1.62 bits per heavy atom. The monoisotopic (exact) mass is 188 g/mol. The van der Waals surface area contributed by atoms with Crippen LogP contribution in [0.5, 0.6) is 0 Å². The van der Waals surface area contributed by atoms with E-state index in [-0.39, 0.29) is 11.3 Å². The van der Waals surface area contributed by atoms with Crippen LogP contribution in [0, 0.1) is 11.3 Å². The molecule has 0 saturated heterocycles. The van der Waals surface area contributed by atoms with Gasteiger partial charge in [0, 0.05) is 0 Å². The molecule has 13 heavy (non-hydrogen) atoms. The molecule has 0 aliphatic carbocycles. The van der Waals surface area contributed by atoms with Crippen LogP contribution in [0.2, 0.25) is 0 Å². The van der Waals surface area contributed by atoms with Gasteiger partial charge < -0.3 is 10.2 Å². The number of rotatable bonds is 4. The maximum absolute atomic E-state index is 9.80. The summed E-state index contributed by atoms with van der Waals surface area (Å²) in [5.41, 5.74) is -0.235. The minimum Gasteiger partial charge on any atom is -0.390 e. The van der Waals surface area contributed by atoms with Crippen molar-refractivity contribution in [2.75, 3.05) is 0 Å². The van der Waals surface area contributed by atoms with Crippen LogP contribution in [0.25, 0.3) is 0 Å². The van der Waals surface area contributed by atoms with Crippen LogP contribution in [0.1, 0.15) is 47.5 Å². The molecule has 80 valence electrons. The Bertz CT molecular complexity index is 138. The smallest absolute Gasteiger partial charge is 0.0849 e. The minimum atomic E-state index is -0.631. The molecule has 3 atom stereocenters. The summed E-state index contributed by atoms with van der Waals surface area (Å²) in [6.45, 7) is 9.91. The lowest BCUT2D eigenvalue weighted by Crippen LogP contribution is -2.41. The first-order chi connectivity index (χ1) is 5.80. The lowest BCUT2D eigenvalue weighted by Gasteiger charge is -2.33. The predicted molar refractivity (Wildman–Crippen MR) is 55.5 cm³/mol. The molecule has 0 spiro atoms. The molecule has 2 heteroatoms. The van der Waals surface area contributed by atoms with Crippen LogP contribution < -0.4 is 0 Å². The SMILES string of the molecule is CCCC(C)C(O)C(O)C(C)(C)C. The maximum Gasteiger partial charge on any atom is 0.0849 e. The summed E-state index contributed by atoms with van der Waals surface area (Å²) in [7, 11) is 0. The van der Waals surface area contributed by atoms with Gasteiger partial charge >= 0.3 is 0 Å². The van der Waals surface area contributed by atoms with E-state index in [4.69, 9.17) is 0 Å². The van der Waals surface area contributed by atoms with Crippen LogP contribution in [0.4, 0.5) is 0 Å². The summed E-state index contributed by atoms with van der Waals surface area (Å²) < 4.78 is 0. The van der Waals surface area contributed by atoms with Gasteiger partial charge in [-0.2, -0.15) is 0 Å². The van der Waals surface area contributed by atoms with Gasteiger partial charge in [0.2, 0.25) is 0 Å². The molecule has 0 aromatic rings. The molecule has 0 aromatic carbocycles. The van der Waals surface area contributed by atoms with E-state index in [0.717, 1.165) is 12.8 Å². The Morgan fingerprint density at radius 3 is 1.92 bits per heavy atom. The van der Waals surface area contributed by atoms with Gasteiger partial charge in [-0.15, -0.1) is 0 Å². The fourth-order valence-corrected chi connectivity index (χ4v) is 1.45. The van der Waals surface area contributed by atoms with Crippen LogP contribution in [-0.2, 0) is 0 Å². The second-order valence-electron chi connectivity index (χ2n) is 5.07. The van der Waals surface area contributed by atoms with Gasteiger partial charge in [-0.3, -0.25) is 0 Å². The van der Waals surface area contributed by atoms with E-state index >= 15 is 0 Å². The highest BCUT2D eigenvalue weighted by molar-refractivity contribution is 4.82. The van der Waals surface area contributed by atoms with Crippen molar-refractivity contribution in [3.05, 3.63) is 0 Å². The third kappa shape index (κ3) is 4.10. The van der Waals surface area contributed by atoms with E-state index in [0.29, 0.717) is 0 Å². The lowest BCUT2D eigenvalue weighted by atomic mass is 9.81. The zero-order chi connectivity index (χ0) is 10.6. The number of hydrogen-bond donors (Lipinski definition) is 2. The molecule has 0 fully saturated rings. The van der Waals surface area contributed by atoms with Gasteiger partial charge in [0.1, 0.15) is 0 Å². The summed E-state index contributed by atoms with van der Waals surface area (Å²) in [5.74, 6) is 0.180. The summed E-state index contributed by atoms with van der Waals surface area (Å²) in [6.07, 6.45) is 0.789. The lowest BCUT2D eigenvalue weighted by molar-refractivity contribution is -0.0686. The molecular weight excluding hydrogens is 164 g/mol. The van der Waals surface area contributed by atoms with E-state index in [1.807, 2.05) is 27.7 Å². The number of aliphatic hydroxyl groups is 2. The zero-order valence-corrected chi connectivity index (χ0v) is 9.54. The normalized spacial score (nSPS) is 19.6. The van der Waals surface area contributed by atoms with E-state index in [2.05, 4.69) is 6.92 Å². The van der Waals surface area contributed by atoms with Gasteiger partial charge in [-0.05, 0) is 17.8 Å². The molecule has 0 amide bonds. The average Bonchev–Trinajstić information content (AvgIpc) is 2.00. The first kappa shape index (κ1) is 12.9. The summed E-state index contributed by atoms with van der Waals surface area (Å²) in [6, 6.07) is 0. The van der Waals surface area contributed by atoms with Crippen molar-refractivity contribution in [3.63, 3.8) is 0 Å². The van der Waals surface area contributed by atoms with Crippen LogP contribution in [0.15, 0.2) is 0 Å². The molecule has 0 bridgehead atoms. The zero-order valence-electron chi connectivity index (χ0n) is 9.54. The summed E-state index contributed by atoms with van der Waals surface area (Å²) >= 11 is 0. The molecule has 2 nitrogen and oxygen atoms in total. The third-order valence-electron chi connectivity index (χ3n) is 2.54. The largest absolute Gasteiger partial charge is 0.390 e. The molecule has 3 unspecified atom stereocenters. The Morgan fingerprint density at radius 1 is 1.15 bits per heavy atom. The van der Waals surface area contributed by atoms with Gasteiger partial charge in [-0.25, -0.2) is 0 Å². The molecule has 0 aromatic heterocycles. The minimum absolute atomic E-state index is 0.180. The van der Waals surface area contributed by atoms with Crippen molar-refractivity contribution in [2.45, 2.75) is 59.7 Å². The fraction of sp³-hybridized carbons (Fsp3) is 1.00. The fourth-order valence-electron chi connectivity index (χ4n) is 1.45. The Labute approximate surface area is 82.0 Å². The Kier molecular flexibility index (Phi) is 4.93. The predicted octanol–water partition coefficient (Wildman–Crippen LogP) is 2.19. The summed E-state index contributed by atoms with van der Waals surface area (Å²) in [4.78, 5) is 0. The number of hydrogen-bond acceptors (Lipinski definition) is 2. The van der Waals surface area contributed by atoms with Crippen LogP contribution in [0.3, 0.4) is 0 Å². The quantitative estimate of drug-likeness (QED) is 0.710. The van der Waals surface area contributed by atoms with Crippen molar-refractivity contribution in [1.82, 2.24) is 0 Å². The second kappa shape index (κ2) is 4.97. The highest BCUT2D eigenvalue weighted by Crippen LogP contribution is 2.26. The van der Waals surface area contributed by atoms with Crippen LogP contribution in [-0.4, -0.2) is 22.4 Å². The standard InChI is InChI=1S/C11H24O2/c1-6-7-8(2)9(12)10(13)11(3,4)5/h8-10,12-13H,6-7H2,1-5H3. The van der Waals surface area contributed by atoms with E-state index < -0.39 is 12.2 Å². The van der Waals surface area contributed by atoms with E-state index in [1.165, 1.54) is 0 Å². The average molecular weight is 188 g/mol. The molecule has 0 heterocycles. The van der Waals surface area contributed by atoms with Gasteiger partial charge in [0.15, 0.2) is 0 Å². The third-order valence-corrected chi connectivity index (χ3v) is 2.54. The van der Waals surface area contributed by atoms with Crippen LogP contribution >= 0.6 is 0 Å². The first-order valence-corrected chi connectivity index (χ1v) is 5.16. The Balaban J connectivity index is 4.16. The second-order valence-corrected chi connectivity index (χ2v) is 5.07. The first-order valence-electron chi connectivity index (χ1n) is 5.16. The summed E-state index contributed by atoms with van der Waals surface area (Å²) in [5, 5.41) is 19.6. The maximum atomic E-state index is 9.80. The number of aliphatic hydroxyl groups excluding tert-OH is 2. The van der Waals surface area contributed by atoms with Crippen molar-refractivity contribution < 1.29 is 10.2 Å². The van der Waals surface area contributed by atoms with Crippen molar-refractivity contribution in [2.24, 2.45) is 11.3 Å². The Hall–Kier alpha value is -0.0800. The molecule has 0 aliphatic rings. The molecule has 0 rings (SSSR count). The molecule has 0 radical (unpaired) electrons. The van der Waals surface area contributed by atoms with Gasteiger partial charge in [0.05, 0.1) is 12.2 Å². The van der Waals surface area contributed by atoms with E-state index in [9.17, 15) is 10.2 Å². The van der Waals surface area contributed by atoms with Crippen molar-refractivity contribution in [1.29, 1.82) is 0 Å². The van der Waals surface area contributed by atoms with E-state index in [1.54, 1.807) is 0 Å². The molecule has 0 aliphatic heterocycles. The van der Waals surface area contributed by atoms with Crippen molar-refractivity contribution >= 4 is 0 Å². The van der Waals surface area contributed by atoms with Crippen molar-refractivity contribution in [3.8, 4) is 0 Å². The highest BCUT2D eigenvalue weighted by Gasteiger charge is 2.31.